The molecule has 0 radical (unpaired) electrons. The Balaban J connectivity index is 2.36. The molecule has 0 atom stereocenters. The monoisotopic (exact) mass is 423 g/mol. The van der Waals surface area contributed by atoms with Gasteiger partial charge in [0.25, 0.3) is 0 Å². The Labute approximate surface area is 173 Å². The Kier molecular flexibility index (Phi) is 8.26. The van der Waals surface area contributed by atoms with E-state index in [1.165, 1.54) is 6.07 Å². The molecule has 0 aliphatic rings. The Morgan fingerprint density at radius 1 is 1.03 bits per heavy atom. The van der Waals surface area contributed by atoms with Crippen molar-refractivity contribution in [1.29, 1.82) is 0 Å². The summed E-state index contributed by atoms with van der Waals surface area (Å²) in [7, 11) is 1.08. The topological polar surface area (TPSA) is 55.8 Å². The van der Waals surface area contributed by atoms with Crippen molar-refractivity contribution in [3.63, 3.8) is 0 Å². The molecule has 5 nitrogen and oxygen atoms in total. The summed E-state index contributed by atoms with van der Waals surface area (Å²) in [5.41, 5.74) is -0.659. The van der Waals surface area contributed by atoms with E-state index in [2.05, 4.69) is 4.74 Å². The molecule has 0 heterocycles. The van der Waals surface area contributed by atoms with E-state index in [1.807, 2.05) is 13.0 Å². The molecule has 0 saturated heterocycles. The first-order chi connectivity index (χ1) is 14.3. The molecule has 0 saturated carbocycles. The van der Waals surface area contributed by atoms with Gasteiger partial charge < -0.3 is 9.47 Å². The highest BCUT2D eigenvalue weighted by Crippen LogP contribution is 2.33. The summed E-state index contributed by atoms with van der Waals surface area (Å²) in [4.78, 5) is 25.7. The van der Waals surface area contributed by atoms with E-state index in [1.54, 1.807) is 24.3 Å². The van der Waals surface area contributed by atoms with Gasteiger partial charge in [0.1, 0.15) is 6.61 Å². The summed E-state index contributed by atoms with van der Waals surface area (Å²) in [5, 5.41) is 0. The van der Waals surface area contributed by atoms with E-state index in [0.29, 0.717) is 12.5 Å². The summed E-state index contributed by atoms with van der Waals surface area (Å²) >= 11 is 0. The third kappa shape index (κ3) is 6.50. The Morgan fingerprint density at radius 3 is 2.33 bits per heavy atom. The standard InChI is InChI=1S/C22H24F3NO4/c1-3-4-8-11-26(21(28)30-15-16-9-6-5-7-10-16)19-13-17(20(27)29-2)12-18(14-19)22(23,24)25/h5-7,9-10,12-14H,3-4,8,11,15H2,1-2H3. The molecule has 30 heavy (non-hydrogen) atoms. The van der Waals surface area contributed by atoms with Crippen molar-refractivity contribution in [2.45, 2.75) is 39.0 Å². The Hall–Kier alpha value is -3.03. The lowest BCUT2D eigenvalue weighted by molar-refractivity contribution is -0.137. The number of nitrogens with zero attached hydrogens (tertiary/aromatic N) is 1. The van der Waals surface area contributed by atoms with E-state index in [9.17, 15) is 22.8 Å². The van der Waals surface area contributed by atoms with Gasteiger partial charge in [-0.15, -0.1) is 0 Å². The lowest BCUT2D eigenvalue weighted by atomic mass is 10.1. The normalized spacial score (nSPS) is 11.1. The van der Waals surface area contributed by atoms with Crippen molar-refractivity contribution >= 4 is 17.7 Å². The number of anilines is 1. The van der Waals surface area contributed by atoms with Crippen LogP contribution < -0.4 is 4.90 Å². The first-order valence-electron chi connectivity index (χ1n) is 9.55. The van der Waals surface area contributed by atoms with Crippen LogP contribution in [0.5, 0.6) is 0 Å². The van der Waals surface area contributed by atoms with Crippen molar-refractivity contribution in [2.24, 2.45) is 0 Å². The molecule has 2 aromatic rings. The molecule has 8 heteroatoms. The van der Waals surface area contributed by atoms with Crippen LogP contribution in [0.1, 0.15) is 47.7 Å². The number of alkyl halides is 3. The molecule has 162 valence electrons. The number of rotatable bonds is 8. The number of methoxy groups -OCH3 is 1. The molecular formula is C22H24F3NO4. The smallest absolute Gasteiger partial charge is 0.416 e. The summed E-state index contributed by atoms with van der Waals surface area (Å²) in [6, 6.07) is 11.7. The predicted octanol–water partition coefficient (Wildman–Crippen LogP) is 5.83. The maximum absolute atomic E-state index is 13.4. The van der Waals surface area contributed by atoms with Gasteiger partial charge in [-0.1, -0.05) is 50.1 Å². The van der Waals surface area contributed by atoms with Gasteiger partial charge in [0, 0.05) is 12.2 Å². The fourth-order valence-electron chi connectivity index (χ4n) is 2.81. The number of benzene rings is 2. The zero-order valence-corrected chi connectivity index (χ0v) is 16.9. The molecule has 0 aliphatic carbocycles. The quantitative estimate of drug-likeness (QED) is 0.396. The highest BCUT2D eigenvalue weighted by atomic mass is 19.4. The molecule has 0 unspecified atom stereocenters. The van der Waals surface area contributed by atoms with Gasteiger partial charge in [-0.2, -0.15) is 13.2 Å². The minimum atomic E-state index is -4.69. The number of unbranched alkanes of at least 4 members (excludes halogenated alkanes) is 2. The maximum atomic E-state index is 13.4. The molecule has 0 bridgehead atoms. The lowest BCUT2D eigenvalue weighted by Crippen LogP contribution is -2.33. The molecule has 0 fully saturated rings. The number of amides is 1. The Morgan fingerprint density at radius 2 is 1.73 bits per heavy atom. The molecule has 0 aromatic heterocycles. The molecule has 0 aliphatic heterocycles. The minimum Gasteiger partial charge on any atom is -0.465 e. The van der Waals surface area contributed by atoms with Crippen LogP contribution in [0, 0.1) is 0 Å². The van der Waals surface area contributed by atoms with Gasteiger partial charge in [-0.05, 0) is 30.2 Å². The second-order valence-electron chi connectivity index (χ2n) is 6.66. The van der Waals surface area contributed by atoms with Crippen LogP contribution in [-0.2, 0) is 22.3 Å². The fraction of sp³-hybridized carbons (Fsp3) is 0.364. The number of carbonyl (C=O) groups is 2. The van der Waals surface area contributed by atoms with Gasteiger partial charge in [0.15, 0.2) is 0 Å². The van der Waals surface area contributed by atoms with Gasteiger partial charge in [-0.3, -0.25) is 4.90 Å². The third-order valence-corrected chi connectivity index (χ3v) is 4.39. The summed E-state index contributed by atoms with van der Waals surface area (Å²) in [6.45, 7) is 2.11. The highest BCUT2D eigenvalue weighted by molar-refractivity contribution is 5.94. The number of ether oxygens (including phenoxy) is 2. The van der Waals surface area contributed by atoms with Gasteiger partial charge in [0.05, 0.1) is 18.2 Å². The number of carbonyl (C=O) groups excluding carboxylic acids is 2. The zero-order valence-electron chi connectivity index (χ0n) is 16.9. The van der Waals surface area contributed by atoms with E-state index >= 15 is 0 Å². The van der Waals surface area contributed by atoms with Crippen molar-refractivity contribution < 1.29 is 32.2 Å². The average Bonchev–Trinajstić information content (AvgIpc) is 2.74. The van der Waals surface area contributed by atoms with Crippen LogP contribution in [-0.4, -0.2) is 25.7 Å². The third-order valence-electron chi connectivity index (χ3n) is 4.39. The van der Waals surface area contributed by atoms with Crippen LogP contribution in [0.15, 0.2) is 48.5 Å². The van der Waals surface area contributed by atoms with Crippen LogP contribution >= 0.6 is 0 Å². The van der Waals surface area contributed by atoms with Gasteiger partial charge in [0.2, 0.25) is 0 Å². The minimum absolute atomic E-state index is 0.0211. The predicted molar refractivity (Wildman–Crippen MR) is 106 cm³/mol. The van der Waals surface area contributed by atoms with Crippen LogP contribution in [0.3, 0.4) is 0 Å². The van der Waals surface area contributed by atoms with Crippen molar-refractivity contribution in [1.82, 2.24) is 0 Å². The molecule has 1 amide bonds. The number of esters is 1. The van der Waals surface area contributed by atoms with Crippen molar-refractivity contribution in [3.05, 3.63) is 65.2 Å². The Bertz CT molecular complexity index is 853. The number of hydrogen-bond acceptors (Lipinski definition) is 4. The van der Waals surface area contributed by atoms with Crippen molar-refractivity contribution in [3.8, 4) is 0 Å². The second-order valence-corrected chi connectivity index (χ2v) is 6.66. The first-order valence-corrected chi connectivity index (χ1v) is 9.55. The van der Waals surface area contributed by atoms with E-state index in [0.717, 1.165) is 36.5 Å². The number of hydrogen-bond donors (Lipinski definition) is 0. The van der Waals surface area contributed by atoms with Crippen LogP contribution in [0.25, 0.3) is 0 Å². The lowest BCUT2D eigenvalue weighted by Gasteiger charge is -2.24. The second kappa shape index (κ2) is 10.7. The van der Waals surface area contributed by atoms with Crippen molar-refractivity contribution in [2.75, 3.05) is 18.6 Å². The van der Waals surface area contributed by atoms with E-state index in [4.69, 9.17) is 4.74 Å². The SMILES string of the molecule is CCCCCN(C(=O)OCc1ccccc1)c1cc(C(=O)OC)cc(C(F)(F)F)c1. The van der Waals surface area contributed by atoms with Gasteiger partial charge in [-0.25, -0.2) is 9.59 Å². The maximum Gasteiger partial charge on any atom is 0.416 e. The summed E-state index contributed by atoms with van der Waals surface area (Å²) in [5.74, 6) is -0.923. The molecular weight excluding hydrogens is 399 g/mol. The highest BCUT2D eigenvalue weighted by Gasteiger charge is 2.33. The van der Waals surface area contributed by atoms with Gasteiger partial charge >= 0.3 is 18.2 Å². The molecule has 2 aromatic carbocycles. The molecule has 0 N–H and O–H groups in total. The average molecular weight is 423 g/mol. The van der Waals surface area contributed by atoms with E-state index < -0.39 is 23.8 Å². The fourth-order valence-corrected chi connectivity index (χ4v) is 2.81. The molecule has 2 rings (SSSR count). The first kappa shape index (κ1) is 23.3. The summed E-state index contributed by atoms with van der Waals surface area (Å²) < 4.78 is 50.0. The van der Waals surface area contributed by atoms with E-state index in [-0.39, 0.29) is 24.4 Å². The number of halogens is 3. The van der Waals surface area contributed by atoms with Crippen LogP contribution in [0.2, 0.25) is 0 Å². The molecule has 0 spiro atoms. The van der Waals surface area contributed by atoms with Crippen LogP contribution in [0.4, 0.5) is 23.7 Å². The largest absolute Gasteiger partial charge is 0.465 e. The zero-order chi connectivity index (χ0) is 22.1. The summed E-state index contributed by atoms with van der Waals surface area (Å²) in [6.07, 6.45) is -3.26.